The Labute approximate surface area is 210 Å². The van der Waals surface area contributed by atoms with Gasteiger partial charge in [-0.1, -0.05) is 0 Å². The van der Waals surface area contributed by atoms with E-state index in [0.29, 0.717) is 37.4 Å². The molecule has 0 radical (unpaired) electrons. The number of ether oxygens (including phenoxy) is 3. The zero-order valence-corrected chi connectivity index (χ0v) is 20.4. The number of fused-ring (bicyclic) bond motifs is 1. The van der Waals surface area contributed by atoms with E-state index in [9.17, 15) is 22.8 Å². The first-order valence-corrected chi connectivity index (χ1v) is 11.9. The Morgan fingerprint density at radius 1 is 1.00 bits per heavy atom. The predicted molar refractivity (Wildman–Crippen MR) is 130 cm³/mol. The maximum atomic E-state index is 13.2. The van der Waals surface area contributed by atoms with Crippen LogP contribution in [0.1, 0.15) is 31.4 Å². The summed E-state index contributed by atoms with van der Waals surface area (Å²) >= 11 is 0. The molecule has 3 aromatic rings. The number of benzene rings is 1. The lowest BCUT2D eigenvalue weighted by Gasteiger charge is -2.19. The maximum Gasteiger partial charge on any atom is 0.573 e. The molecule has 0 aliphatic heterocycles. The lowest BCUT2D eigenvalue weighted by molar-refractivity contribution is -0.274. The van der Waals surface area contributed by atoms with Crippen molar-refractivity contribution in [2.75, 3.05) is 18.5 Å². The van der Waals surface area contributed by atoms with Crippen LogP contribution in [-0.2, 0) is 28.9 Å². The van der Waals surface area contributed by atoms with Gasteiger partial charge in [-0.05, 0) is 69.5 Å². The number of hydrogen-bond acceptors (Lipinski definition) is 7. The Morgan fingerprint density at radius 3 is 2.32 bits per heavy atom. The fraction of sp³-hybridized carbons (Fsp3) is 0.400. The van der Waals surface area contributed by atoms with E-state index < -0.39 is 18.4 Å². The first kappa shape index (κ1) is 26.4. The molecule has 0 saturated carbocycles. The fourth-order valence-corrected chi connectivity index (χ4v) is 4.23. The van der Waals surface area contributed by atoms with Gasteiger partial charge in [-0.3, -0.25) is 9.59 Å². The van der Waals surface area contributed by atoms with Crippen molar-refractivity contribution < 1.29 is 27.4 Å². The van der Waals surface area contributed by atoms with Gasteiger partial charge in [-0.15, -0.1) is 18.3 Å². The van der Waals surface area contributed by atoms with Crippen molar-refractivity contribution in [2.24, 2.45) is 0 Å². The summed E-state index contributed by atoms with van der Waals surface area (Å²) in [7, 11) is 0. The van der Waals surface area contributed by atoms with E-state index in [1.165, 1.54) is 16.7 Å². The summed E-state index contributed by atoms with van der Waals surface area (Å²) in [6, 6.07) is 8.17. The predicted octanol–water partition coefficient (Wildman–Crippen LogP) is 3.92. The van der Waals surface area contributed by atoms with Gasteiger partial charge in [0.15, 0.2) is 12.1 Å². The second-order valence-corrected chi connectivity index (χ2v) is 8.26. The van der Waals surface area contributed by atoms with Crippen LogP contribution >= 0.6 is 0 Å². The van der Waals surface area contributed by atoms with E-state index in [4.69, 9.17) is 9.47 Å². The molecule has 12 heteroatoms. The van der Waals surface area contributed by atoms with Crippen molar-refractivity contribution >= 4 is 11.5 Å². The van der Waals surface area contributed by atoms with Gasteiger partial charge in [0.25, 0.3) is 11.1 Å². The van der Waals surface area contributed by atoms with E-state index in [0.717, 1.165) is 28.8 Å². The van der Waals surface area contributed by atoms with Crippen molar-refractivity contribution in [1.82, 2.24) is 14.3 Å². The first-order valence-electron chi connectivity index (χ1n) is 11.9. The minimum atomic E-state index is -4.82. The van der Waals surface area contributed by atoms with E-state index in [2.05, 4.69) is 15.2 Å². The van der Waals surface area contributed by atoms with Crippen LogP contribution in [0.3, 0.4) is 0 Å². The number of nitrogens with zero attached hydrogens (tertiary/aromatic N) is 3. The van der Waals surface area contributed by atoms with Gasteiger partial charge in [0, 0.05) is 30.5 Å². The highest BCUT2D eigenvalue weighted by Gasteiger charge is 2.31. The van der Waals surface area contributed by atoms with Crippen molar-refractivity contribution in [3.05, 3.63) is 74.4 Å². The monoisotopic (exact) mass is 520 g/mol. The molecule has 198 valence electrons. The van der Waals surface area contributed by atoms with Crippen LogP contribution in [0, 0.1) is 0 Å². The van der Waals surface area contributed by atoms with E-state index >= 15 is 0 Å². The van der Waals surface area contributed by atoms with Crippen LogP contribution in [0.5, 0.6) is 5.75 Å². The molecule has 0 saturated heterocycles. The number of anilines is 2. The number of halogens is 3. The molecule has 0 bridgehead atoms. The SMILES string of the molecule is CCOC(Cn1cccc(Nc2nn(-c3ccc(OC(F)(F)F)cc3)c(=O)c3c2CCC3)c1=O)OCC. The van der Waals surface area contributed by atoms with Gasteiger partial charge in [-0.2, -0.15) is 4.68 Å². The summed E-state index contributed by atoms with van der Waals surface area (Å²) in [5, 5.41) is 7.51. The van der Waals surface area contributed by atoms with Crippen molar-refractivity contribution in [3.63, 3.8) is 0 Å². The zero-order valence-electron chi connectivity index (χ0n) is 20.4. The zero-order chi connectivity index (χ0) is 26.6. The summed E-state index contributed by atoms with van der Waals surface area (Å²) in [4.78, 5) is 26.3. The summed E-state index contributed by atoms with van der Waals surface area (Å²) < 4.78 is 55.1. The summed E-state index contributed by atoms with van der Waals surface area (Å²) in [6.45, 7) is 4.72. The highest BCUT2D eigenvalue weighted by Crippen LogP contribution is 2.28. The Hall–Kier alpha value is -3.64. The van der Waals surface area contributed by atoms with Crippen LogP contribution in [0.25, 0.3) is 5.69 Å². The van der Waals surface area contributed by atoms with E-state index in [1.807, 2.05) is 13.8 Å². The molecule has 2 heterocycles. The molecule has 37 heavy (non-hydrogen) atoms. The molecule has 0 unspecified atom stereocenters. The summed E-state index contributed by atoms with van der Waals surface area (Å²) in [5.74, 6) is -0.0743. The molecule has 0 amide bonds. The van der Waals surface area contributed by atoms with Crippen LogP contribution in [0.15, 0.2) is 52.2 Å². The number of pyridine rings is 1. The Morgan fingerprint density at radius 2 is 1.68 bits per heavy atom. The maximum absolute atomic E-state index is 13.2. The standard InChI is InChI=1S/C25H27F3N4O5/c1-3-35-21(36-4-2)15-31-14-6-9-20(24(31)34)29-22-18-7-5-8-19(18)23(33)32(30-22)16-10-12-17(13-11-16)37-25(26,27)28/h6,9-14,21H,3-5,7-8,15H2,1-2H3,(H,29,30). The smallest absolute Gasteiger partial charge is 0.406 e. The minimum absolute atomic E-state index is 0.188. The third-order valence-corrected chi connectivity index (χ3v) is 5.79. The number of nitrogens with one attached hydrogen (secondary N) is 1. The highest BCUT2D eigenvalue weighted by molar-refractivity contribution is 5.61. The van der Waals surface area contributed by atoms with Crippen molar-refractivity contribution in [2.45, 2.75) is 52.3 Å². The van der Waals surface area contributed by atoms with E-state index in [1.54, 1.807) is 18.3 Å². The van der Waals surface area contributed by atoms with Crippen LogP contribution in [0.2, 0.25) is 0 Å². The normalized spacial score (nSPS) is 13.1. The molecule has 0 spiro atoms. The quantitative estimate of drug-likeness (QED) is 0.405. The number of alkyl halides is 3. The van der Waals surface area contributed by atoms with Gasteiger partial charge in [0.2, 0.25) is 0 Å². The topological polar surface area (TPSA) is 96.6 Å². The molecular formula is C25H27F3N4O5. The van der Waals surface area contributed by atoms with Gasteiger partial charge in [-0.25, -0.2) is 0 Å². The molecule has 0 fully saturated rings. The first-order chi connectivity index (χ1) is 17.7. The average Bonchev–Trinajstić information content (AvgIpc) is 3.34. The number of rotatable bonds is 10. The Kier molecular flexibility index (Phi) is 7.98. The van der Waals surface area contributed by atoms with E-state index in [-0.39, 0.29) is 29.0 Å². The molecule has 1 aliphatic rings. The number of hydrogen-bond donors (Lipinski definition) is 1. The van der Waals surface area contributed by atoms with Gasteiger partial charge in [0.05, 0.1) is 12.2 Å². The molecule has 2 aromatic heterocycles. The Bertz CT molecular complexity index is 1350. The highest BCUT2D eigenvalue weighted by atomic mass is 19.4. The summed E-state index contributed by atoms with van der Waals surface area (Å²) in [5.41, 5.74) is 1.09. The average molecular weight is 521 g/mol. The molecule has 0 atom stereocenters. The van der Waals surface area contributed by atoms with Gasteiger partial charge >= 0.3 is 6.36 Å². The lowest BCUT2D eigenvalue weighted by atomic mass is 10.2. The molecule has 1 aliphatic carbocycles. The number of aromatic nitrogens is 3. The lowest BCUT2D eigenvalue weighted by Crippen LogP contribution is -2.31. The minimum Gasteiger partial charge on any atom is -0.406 e. The summed E-state index contributed by atoms with van der Waals surface area (Å²) in [6.07, 6.45) is -1.90. The second kappa shape index (κ2) is 11.2. The largest absolute Gasteiger partial charge is 0.573 e. The van der Waals surface area contributed by atoms with Crippen molar-refractivity contribution in [1.29, 1.82) is 0 Å². The third-order valence-electron chi connectivity index (χ3n) is 5.79. The molecular weight excluding hydrogens is 493 g/mol. The van der Waals surface area contributed by atoms with Crippen molar-refractivity contribution in [3.8, 4) is 11.4 Å². The molecule has 4 rings (SSSR count). The van der Waals surface area contributed by atoms with Crippen LogP contribution < -0.4 is 21.2 Å². The molecule has 9 nitrogen and oxygen atoms in total. The van der Waals surface area contributed by atoms with Gasteiger partial charge in [0.1, 0.15) is 11.4 Å². The van der Waals surface area contributed by atoms with Gasteiger partial charge < -0.3 is 24.1 Å². The van der Waals surface area contributed by atoms with Crippen LogP contribution in [0.4, 0.5) is 24.7 Å². The third kappa shape index (κ3) is 6.20. The molecule has 1 N–H and O–H groups in total. The van der Waals surface area contributed by atoms with Crippen LogP contribution in [-0.4, -0.2) is 40.2 Å². The Balaban J connectivity index is 1.67. The second-order valence-electron chi connectivity index (χ2n) is 8.26. The molecule has 1 aromatic carbocycles. The fourth-order valence-electron chi connectivity index (χ4n) is 4.23.